The third-order valence-electron chi connectivity index (χ3n) is 2.91. The van der Waals surface area contributed by atoms with Gasteiger partial charge in [-0.3, -0.25) is 4.79 Å². The van der Waals surface area contributed by atoms with Crippen molar-refractivity contribution >= 4 is 12.0 Å². The molecule has 0 aromatic rings. The summed E-state index contributed by atoms with van der Waals surface area (Å²) in [6, 6.07) is 0. The van der Waals surface area contributed by atoms with Gasteiger partial charge >= 0.3 is 6.09 Å². The molecule has 1 N–H and O–H groups in total. The zero-order valence-corrected chi connectivity index (χ0v) is 11.8. The molecule has 0 aromatic carbocycles. The van der Waals surface area contributed by atoms with Crippen LogP contribution in [0.5, 0.6) is 0 Å². The quantitative estimate of drug-likeness (QED) is 0.819. The molecule has 0 radical (unpaired) electrons. The number of likely N-dealkylation sites (tertiary alicyclic amines) is 1. The van der Waals surface area contributed by atoms with Crippen LogP contribution in [-0.2, 0) is 9.53 Å². The molecule has 1 atom stereocenters. The number of carbonyl (C=O) groups excluding carboxylic acids is 2. The van der Waals surface area contributed by atoms with Crippen molar-refractivity contribution in [1.82, 2.24) is 10.2 Å². The maximum Gasteiger partial charge on any atom is 0.407 e. The normalized spacial score (nSPS) is 21.4. The molecule has 0 aliphatic carbocycles. The second-order valence-corrected chi connectivity index (χ2v) is 5.84. The van der Waals surface area contributed by atoms with E-state index in [4.69, 9.17) is 4.74 Å². The van der Waals surface area contributed by atoms with E-state index in [1.54, 1.807) is 4.90 Å². The van der Waals surface area contributed by atoms with Crippen LogP contribution in [0.3, 0.4) is 0 Å². The van der Waals surface area contributed by atoms with E-state index < -0.39 is 11.7 Å². The van der Waals surface area contributed by atoms with E-state index in [1.165, 1.54) is 0 Å². The van der Waals surface area contributed by atoms with Crippen molar-refractivity contribution in [2.24, 2.45) is 5.92 Å². The molecular formula is C13H24N2O3. The first-order valence-electron chi connectivity index (χ1n) is 6.51. The summed E-state index contributed by atoms with van der Waals surface area (Å²) in [6.45, 7) is 6.62. The van der Waals surface area contributed by atoms with E-state index in [-0.39, 0.29) is 11.8 Å². The molecule has 1 aliphatic heterocycles. The van der Waals surface area contributed by atoms with Crippen molar-refractivity contribution in [1.29, 1.82) is 0 Å². The average molecular weight is 256 g/mol. The largest absolute Gasteiger partial charge is 0.444 e. The third-order valence-corrected chi connectivity index (χ3v) is 2.91. The second kappa shape index (κ2) is 6.07. The minimum Gasteiger partial charge on any atom is -0.444 e. The van der Waals surface area contributed by atoms with Crippen LogP contribution >= 0.6 is 0 Å². The molecule has 1 saturated heterocycles. The first-order chi connectivity index (χ1) is 8.29. The van der Waals surface area contributed by atoms with Gasteiger partial charge in [-0.2, -0.15) is 0 Å². The summed E-state index contributed by atoms with van der Waals surface area (Å²) in [5, 5.41) is 2.68. The fraction of sp³-hybridized carbons (Fsp3) is 0.846. The van der Waals surface area contributed by atoms with Crippen molar-refractivity contribution in [3.8, 4) is 0 Å². The highest BCUT2D eigenvalue weighted by molar-refractivity contribution is 5.79. The number of nitrogens with zero attached hydrogens (tertiary/aromatic N) is 1. The molecule has 0 bridgehead atoms. The number of hydrogen-bond donors (Lipinski definition) is 1. The molecule has 0 unspecified atom stereocenters. The molecule has 2 amide bonds. The lowest BCUT2D eigenvalue weighted by molar-refractivity contribution is -0.133. The first kappa shape index (κ1) is 14.8. The van der Waals surface area contributed by atoms with E-state index >= 15 is 0 Å². The Labute approximate surface area is 109 Å². The van der Waals surface area contributed by atoms with Gasteiger partial charge in [-0.1, -0.05) is 6.42 Å². The Morgan fingerprint density at radius 2 is 2.11 bits per heavy atom. The topological polar surface area (TPSA) is 58.6 Å². The fourth-order valence-corrected chi connectivity index (χ4v) is 2.00. The van der Waals surface area contributed by atoms with Crippen LogP contribution in [0.15, 0.2) is 0 Å². The summed E-state index contributed by atoms with van der Waals surface area (Å²) in [5.41, 5.74) is -0.506. The molecule has 1 fully saturated rings. The van der Waals surface area contributed by atoms with Crippen LogP contribution in [0.4, 0.5) is 4.79 Å². The number of carbonyl (C=O) groups is 2. The number of hydrogen-bond acceptors (Lipinski definition) is 3. The Kier molecular flexibility index (Phi) is 4.99. The van der Waals surface area contributed by atoms with Crippen LogP contribution in [0.2, 0.25) is 0 Å². The minimum atomic E-state index is -0.506. The molecule has 18 heavy (non-hydrogen) atoms. The highest BCUT2D eigenvalue weighted by Gasteiger charge is 2.25. The lowest BCUT2D eigenvalue weighted by Crippen LogP contribution is -2.40. The molecular weight excluding hydrogens is 232 g/mol. The number of nitrogens with one attached hydrogen (secondary N) is 1. The Balaban J connectivity index is 2.42. The van der Waals surface area contributed by atoms with Gasteiger partial charge in [0.15, 0.2) is 0 Å². The fourth-order valence-electron chi connectivity index (χ4n) is 2.00. The predicted molar refractivity (Wildman–Crippen MR) is 69.2 cm³/mol. The maximum absolute atomic E-state index is 12.0. The van der Waals surface area contributed by atoms with Crippen molar-refractivity contribution in [3.05, 3.63) is 0 Å². The number of rotatable bonds is 2. The van der Waals surface area contributed by atoms with Crippen molar-refractivity contribution in [2.75, 3.05) is 20.1 Å². The van der Waals surface area contributed by atoms with Gasteiger partial charge < -0.3 is 15.0 Å². The Hall–Kier alpha value is -1.26. The molecule has 5 nitrogen and oxygen atoms in total. The van der Waals surface area contributed by atoms with E-state index in [9.17, 15) is 9.59 Å². The molecule has 104 valence electrons. The SMILES string of the molecule is CN1CCCC[C@H](CNC(=O)OC(C)(C)C)C1=O. The van der Waals surface area contributed by atoms with Crippen LogP contribution in [-0.4, -0.2) is 42.6 Å². The van der Waals surface area contributed by atoms with Gasteiger partial charge in [-0.25, -0.2) is 4.79 Å². The zero-order valence-electron chi connectivity index (χ0n) is 11.8. The van der Waals surface area contributed by atoms with Gasteiger partial charge in [0.25, 0.3) is 0 Å². The van der Waals surface area contributed by atoms with Crippen molar-refractivity contribution in [3.63, 3.8) is 0 Å². The smallest absolute Gasteiger partial charge is 0.407 e. The number of amides is 2. The van der Waals surface area contributed by atoms with Gasteiger partial charge in [-0.05, 0) is 33.6 Å². The highest BCUT2D eigenvalue weighted by atomic mass is 16.6. The number of ether oxygens (including phenoxy) is 1. The minimum absolute atomic E-state index is 0.114. The molecule has 0 saturated carbocycles. The van der Waals surface area contributed by atoms with E-state index in [0.717, 1.165) is 25.8 Å². The van der Waals surface area contributed by atoms with Gasteiger partial charge in [0.1, 0.15) is 5.60 Å². The van der Waals surface area contributed by atoms with Crippen molar-refractivity contribution in [2.45, 2.75) is 45.6 Å². The summed E-state index contributed by atoms with van der Waals surface area (Å²) >= 11 is 0. The summed E-state index contributed by atoms with van der Waals surface area (Å²) in [6.07, 6.45) is 2.43. The van der Waals surface area contributed by atoms with Gasteiger partial charge in [0, 0.05) is 20.1 Å². The summed E-state index contributed by atoms with van der Waals surface area (Å²) in [5.74, 6) is -0.00595. The Bertz CT molecular complexity index is 310. The van der Waals surface area contributed by atoms with Crippen LogP contribution in [0.1, 0.15) is 40.0 Å². The average Bonchev–Trinajstić information content (AvgIpc) is 2.38. The molecule has 5 heteroatoms. The molecule has 1 rings (SSSR count). The van der Waals surface area contributed by atoms with Gasteiger partial charge in [0.05, 0.1) is 5.92 Å². The standard InChI is InChI=1S/C13H24N2O3/c1-13(2,3)18-12(17)14-9-10-7-5-6-8-15(4)11(10)16/h10H,5-9H2,1-4H3,(H,14,17)/t10-/m1/s1. The highest BCUT2D eigenvalue weighted by Crippen LogP contribution is 2.16. The lowest BCUT2D eigenvalue weighted by atomic mass is 10.0. The zero-order chi connectivity index (χ0) is 13.8. The molecule has 1 heterocycles. The Morgan fingerprint density at radius 3 is 2.72 bits per heavy atom. The molecule has 0 spiro atoms. The van der Waals surface area contributed by atoms with Crippen LogP contribution in [0.25, 0.3) is 0 Å². The summed E-state index contributed by atoms with van der Waals surface area (Å²) in [4.78, 5) is 25.2. The van der Waals surface area contributed by atoms with E-state index in [2.05, 4.69) is 5.32 Å². The van der Waals surface area contributed by atoms with E-state index in [1.807, 2.05) is 27.8 Å². The lowest BCUT2D eigenvalue weighted by Gasteiger charge is -2.22. The van der Waals surface area contributed by atoms with Gasteiger partial charge in [0.2, 0.25) is 5.91 Å². The van der Waals surface area contributed by atoms with Crippen LogP contribution < -0.4 is 5.32 Å². The maximum atomic E-state index is 12.0. The predicted octanol–water partition coefficient (Wildman–Crippen LogP) is 1.77. The van der Waals surface area contributed by atoms with Gasteiger partial charge in [-0.15, -0.1) is 0 Å². The van der Waals surface area contributed by atoms with E-state index in [0.29, 0.717) is 6.54 Å². The third kappa shape index (κ3) is 4.94. The monoisotopic (exact) mass is 256 g/mol. The molecule has 1 aliphatic rings. The second-order valence-electron chi connectivity index (χ2n) is 5.84. The summed E-state index contributed by atoms with van der Waals surface area (Å²) < 4.78 is 5.15. The first-order valence-corrected chi connectivity index (χ1v) is 6.51. The van der Waals surface area contributed by atoms with Crippen LogP contribution in [0, 0.1) is 5.92 Å². The molecule has 0 aromatic heterocycles. The van der Waals surface area contributed by atoms with Crippen molar-refractivity contribution < 1.29 is 14.3 Å². The Morgan fingerprint density at radius 1 is 1.44 bits per heavy atom. The summed E-state index contributed by atoms with van der Waals surface area (Å²) in [7, 11) is 1.81. The number of alkyl carbamates (subject to hydrolysis) is 1.